The van der Waals surface area contributed by atoms with Crippen LogP contribution in [0.4, 0.5) is 0 Å². The summed E-state index contributed by atoms with van der Waals surface area (Å²) in [6.07, 6.45) is 1.34. The van der Waals surface area contributed by atoms with E-state index in [2.05, 4.69) is 15.6 Å². The van der Waals surface area contributed by atoms with E-state index in [4.69, 9.17) is 10.8 Å². The van der Waals surface area contributed by atoms with E-state index in [1.54, 1.807) is 0 Å². The summed E-state index contributed by atoms with van der Waals surface area (Å²) in [5.41, 5.74) is 5.16. The summed E-state index contributed by atoms with van der Waals surface area (Å²) in [5.74, 6) is -1.40. The van der Waals surface area contributed by atoms with Gasteiger partial charge in [0.2, 0.25) is 0 Å². The summed E-state index contributed by atoms with van der Waals surface area (Å²) in [4.78, 5) is 22.9. The van der Waals surface area contributed by atoms with Crippen LogP contribution in [0.3, 0.4) is 0 Å². The van der Waals surface area contributed by atoms with Gasteiger partial charge in [0.1, 0.15) is 0 Å². The zero-order chi connectivity index (χ0) is 15.3. The Morgan fingerprint density at radius 1 is 1.50 bits per heavy atom. The van der Waals surface area contributed by atoms with Gasteiger partial charge in [0, 0.05) is 12.6 Å². The van der Waals surface area contributed by atoms with Crippen LogP contribution in [0.25, 0.3) is 0 Å². The summed E-state index contributed by atoms with van der Waals surface area (Å²) in [7, 11) is 0. The van der Waals surface area contributed by atoms with E-state index in [1.807, 2.05) is 20.8 Å². The van der Waals surface area contributed by atoms with Gasteiger partial charge < -0.3 is 16.2 Å². The summed E-state index contributed by atoms with van der Waals surface area (Å²) in [6.45, 7) is 6.47. The van der Waals surface area contributed by atoms with Crippen LogP contribution in [0.15, 0.2) is 6.20 Å². The quantitative estimate of drug-likeness (QED) is 0.667. The molecule has 20 heavy (non-hydrogen) atoms. The van der Waals surface area contributed by atoms with Crippen LogP contribution in [0.2, 0.25) is 0 Å². The molecule has 0 aliphatic heterocycles. The molecule has 1 aromatic heterocycles. The van der Waals surface area contributed by atoms with Gasteiger partial charge in [-0.25, -0.2) is 0 Å². The highest BCUT2D eigenvalue weighted by atomic mass is 16.4. The molecule has 1 amide bonds. The van der Waals surface area contributed by atoms with E-state index in [9.17, 15) is 9.59 Å². The fourth-order valence-electron chi connectivity index (χ4n) is 1.62. The molecular formula is C12H21N5O3. The van der Waals surface area contributed by atoms with Crippen LogP contribution in [0, 0.1) is 5.41 Å². The van der Waals surface area contributed by atoms with Gasteiger partial charge >= 0.3 is 5.97 Å². The summed E-state index contributed by atoms with van der Waals surface area (Å²) < 4.78 is 1.47. The van der Waals surface area contributed by atoms with E-state index < -0.39 is 17.9 Å². The van der Waals surface area contributed by atoms with Crippen molar-refractivity contribution in [1.82, 2.24) is 20.3 Å². The first-order valence-corrected chi connectivity index (χ1v) is 6.37. The number of nitrogens with two attached hydrogens (primary N) is 1. The number of carbonyl (C=O) groups is 2. The van der Waals surface area contributed by atoms with E-state index in [0.717, 1.165) is 0 Å². The van der Waals surface area contributed by atoms with Crippen molar-refractivity contribution in [3.8, 4) is 0 Å². The molecule has 0 saturated heterocycles. The van der Waals surface area contributed by atoms with E-state index in [0.29, 0.717) is 13.1 Å². The van der Waals surface area contributed by atoms with Crippen LogP contribution in [0.1, 0.15) is 37.7 Å². The molecule has 1 aromatic rings. The van der Waals surface area contributed by atoms with Gasteiger partial charge in [0.05, 0.1) is 19.2 Å². The molecule has 8 heteroatoms. The Balaban J connectivity index is 2.76. The lowest BCUT2D eigenvalue weighted by Gasteiger charge is -2.30. The molecule has 4 N–H and O–H groups in total. The molecule has 0 aromatic carbocycles. The van der Waals surface area contributed by atoms with Gasteiger partial charge in [-0.15, -0.1) is 5.10 Å². The number of carboxylic acid groups (broad SMARTS) is 1. The molecular weight excluding hydrogens is 262 g/mol. The summed E-state index contributed by atoms with van der Waals surface area (Å²) in [5, 5.41) is 19.1. The highest BCUT2D eigenvalue weighted by molar-refractivity contribution is 5.92. The average molecular weight is 283 g/mol. The van der Waals surface area contributed by atoms with Crippen LogP contribution in [-0.2, 0) is 11.3 Å². The lowest BCUT2D eigenvalue weighted by molar-refractivity contribution is -0.138. The van der Waals surface area contributed by atoms with Crippen LogP contribution in [0.5, 0.6) is 0 Å². The SMILES string of the molecule is CC(C)(C)C(CC(=O)O)NC(=O)c1cn(CCN)nn1. The van der Waals surface area contributed by atoms with Crippen molar-refractivity contribution in [3.63, 3.8) is 0 Å². The van der Waals surface area contributed by atoms with E-state index in [-0.39, 0.29) is 17.5 Å². The maximum atomic E-state index is 12.0. The maximum absolute atomic E-state index is 12.0. The first kappa shape index (κ1) is 16.1. The standard InChI is InChI=1S/C12H21N5O3/c1-12(2,3)9(6-10(18)19)14-11(20)8-7-17(5-4-13)16-15-8/h7,9H,4-6,13H2,1-3H3,(H,14,20)(H,18,19). The predicted molar refractivity (Wildman–Crippen MR) is 72.0 cm³/mol. The molecule has 8 nitrogen and oxygen atoms in total. The monoisotopic (exact) mass is 283 g/mol. The summed E-state index contributed by atoms with van der Waals surface area (Å²) in [6, 6.07) is -0.493. The number of nitrogens with zero attached hydrogens (tertiary/aromatic N) is 3. The number of carbonyl (C=O) groups excluding carboxylic acids is 1. The van der Waals surface area contributed by atoms with E-state index >= 15 is 0 Å². The van der Waals surface area contributed by atoms with Gasteiger partial charge in [-0.3, -0.25) is 14.3 Å². The van der Waals surface area contributed by atoms with Crippen molar-refractivity contribution in [2.45, 2.75) is 39.8 Å². The zero-order valence-corrected chi connectivity index (χ0v) is 12.0. The third-order valence-corrected chi connectivity index (χ3v) is 2.86. The fourth-order valence-corrected chi connectivity index (χ4v) is 1.62. The first-order valence-electron chi connectivity index (χ1n) is 6.37. The van der Waals surface area contributed by atoms with Gasteiger partial charge in [-0.05, 0) is 5.41 Å². The number of aromatic nitrogens is 3. The fraction of sp³-hybridized carbons (Fsp3) is 0.667. The van der Waals surface area contributed by atoms with Crippen molar-refractivity contribution >= 4 is 11.9 Å². The Hall–Kier alpha value is -1.96. The average Bonchev–Trinajstić information content (AvgIpc) is 2.75. The number of nitrogens with one attached hydrogen (secondary N) is 1. The summed E-state index contributed by atoms with van der Waals surface area (Å²) >= 11 is 0. The molecule has 0 aliphatic carbocycles. The molecule has 1 unspecified atom stereocenters. The Morgan fingerprint density at radius 2 is 2.15 bits per heavy atom. The van der Waals surface area contributed by atoms with Crippen molar-refractivity contribution in [2.24, 2.45) is 11.1 Å². The lowest BCUT2D eigenvalue weighted by Crippen LogP contribution is -2.45. The molecule has 0 bridgehead atoms. The normalized spacial score (nSPS) is 13.0. The van der Waals surface area contributed by atoms with Crippen molar-refractivity contribution < 1.29 is 14.7 Å². The number of aliphatic carboxylic acids is 1. The van der Waals surface area contributed by atoms with E-state index in [1.165, 1.54) is 10.9 Å². The second-order valence-corrected chi connectivity index (χ2v) is 5.65. The number of rotatable bonds is 6. The number of hydrogen-bond donors (Lipinski definition) is 3. The number of hydrogen-bond acceptors (Lipinski definition) is 5. The molecule has 0 spiro atoms. The van der Waals surface area contributed by atoms with Gasteiger partial charge in [-0.2, -0.15) is 0 Å². The highest BCUT2D eigenvalue weighted by Crippen LogP contribution is 2.22. The van der Waals surface area contributed by atoms with Gasteiger partial charge in [0.15, 0.2) is 5.69 Å². The Morgan fingerprint density at radius 3 is 2.65 bits per heavy atom. The zero-order valence-electron chi connectivity index (χ0n) is 12.0. The van der Waals surface area contributed by atoms with Crippen molar-refractivity contribution in [1.29, 1.82) is 0 Å². The first-order chi connectivity index (χ1) is 9.24. The molecule has 0 aliphatic rings. The van der Waals surface area contributed by atoms with Crippen molar-refractivity contribution in [3.05, 3.63) is 11.9 Å². The molecule has 0 saturated carbocycles. The molecule has 1 rings (SSSR count). The number of amides is 1. The predicted octanol–water partition coefficient (Wildman–Crippen LogP) is -0.144. The Bertz CT molecular complexity index is 478. The smallest absolute Gasteiger partial charge is 0.305 e. The Kier molecular flexibility index (Phi) is 5.20. The van der Waals surface area contributed by atoms with Gasteiger partial charge in [-0.1, -0.05) is 26.0 Å². The maximum Gasteiger partial charge on any atom is 0.305 e. The number of carboxylic acids is 1. The topological polar surface area (TPSA) is 123 Å². The van der Waals surface area contributed by atoms with Gasteiger partial charge in [0.25, 0.3) is 5.91 Å². The van der Waals surface area contributed by atoms with Crippen LogP contribution in [-0.4, -0.2) is 44.6 Å². The molecule has 112 valence electrons. The Labute approximate surface area is 117 Å². The van der Waals surface area contributed by atoms with Crippen molar-refractivity contribution in [2.75, 3.05) is 6.54 Å². The minimum absolute atomic E-state index is 0.147. The molecule has 1 atom stereocenters. The third-order valence-electron chi connectivity index (χ3n) is 2.86. The third kappa shape index (κ3) is 4.61. The van der Waals surface area contributed by atoms with Crippen LogP contribution >= 0.6 is 0 Å². The lowest BCUT2D eigenvalue weighted by atomic mass is 9.84. The van der Waals surface area contributed by atoms with Crippen LogP contribution < -0.4 is 11.1 Å². The second kappa shape index (κ2) is 6.47. The second-order valence-electron chi connectivity index (χ2n) is 5.65. The molecule has 1 heterocycles. The molecule has 0 fully saturated rings. The largest absolute Gasteiger partial charge is 0.481 e. The highest BCUT2D eigenvalue weighted by Gasteiger charge is 2.29. The minimum Gasteiger partial charge on any atom is -0.481 e. The minimum atomic E-state index is -0.961. The molecule has 0 radical (unpaired) electrons.